The second kappa shape index (κ2) is 21.8. The van der Waals surface area contributed by atoms with Crippen molar-refractivity contribution >= 4 is 99.0 Å². The minimum atomic E-state index is -4.86. The maximum absolute atomic E-state index is 12.7. The van der Waals surface area contributed by atoms with Crippen LogP contribution in [0.15, 0.2) is 156 Å². The molecule has 0 bridgehead atoms. The van der Waals surface area contributed by atoms with Crippen LogP contribution in [0.25, 0.3) is 16.0 Å². The van der Waals surface area contributed by atoms with Crippen molar-refractivity contribution in [2.45, 2.75) is 99.4 Å². The number of thiophene rings is 2. The van der Waals surface area contributed by atoms with Crippen molar-refractivity contribution in [2.24, 2.45) is 15.4 Å². The molecule has 1 amide bonds. The molecule has 0 atom stereocenters. The van der Waals surface area contributed by atoms with Gasteiger partial charge in [0.25, 0.3) is 20.2 Å². The Bertz CT molecular complexity index is 3160. The minimum Gasteiger partial charge on any atom is -0.356 e. The average molecular weight is 1060 g/mol. The Morgan fingerprint density at radius 2 is 1.63 bits per heavy atom. The molecule has 0 saturated heterocycles. The van der Waals surface area contributed by atoms with E-state index in [0.29, 0.717) is 30.1 Å². The van der Waals surface area contributed by atoms with Gasteiger partial charge in [-0.25, -0.2) is 14.5 Å². The van der Waals surface area contributed by atoms with Crippen LogP contribution in [-0.4, -0.2) is 60.7 Å². The minimum absolute atomic E-state index is 0.110. The molecule has 0 spiro atoms. The lowest BCUT2D eigenvalue weighted by Crippen LogP contribution is -2.35. The summed E-state index contributed by atoms with van der Waals surface area (Å²) < 4.78 is 72.6. The lowest BCUT2D eigenvalue weighted by Gasteiger charge is -2.31. The van der Waals surface area contributed by atoms with E-state index in [1.807, 2.05) is 73.9 Å². The molecule has 5 aromatic rings. The molecule has 3 N–H and O–H groups in total. The Hall–Kier alpha value is -4.99. The van der Waals surface area contributed by atoms with Gasteiger partial charge < -0.3 is 5.32 Å². The molecule has 3 aliphatic heterocycles. The van der Waals surface area contributed by atoms with E-state index in [-0.39, 0.29) is 11.6 Å². The third-order valence-electron chi connectivity index (χ3n) is 12.4. The molecule has 0 aliphatic carbocycles. The van der Waals surface area contributed by atoms with Crippen LogP contribution in [0.3, 0.4) is 0 Å². The molecule has 13 nitrogen and oxygen atoms in total. The number of amides is 1. The predicted molar refractivity (Wildman–Crippen MR) is 285 cm³/mol. The summed E-state index contributed by atoms with van der Waals surface area (Å²) in [4.78, 5) is 29.6. The van der Waals surface area contributed by atoms with E-state index in [1.54, 1.807) is 45.3 Å². The summed E-state index contributed by atoms with van der Waals surface area (Å²) in [6, 6.07) is 19.1. The summed E-state index contributed by atoms with van der Waals surface area (Å²) in [7, 11) is -6.12. The number of allylic oxidation sites excluding steroid dienone is 6. The van der Waals surface area contributed by atoms with Crippen molar-refractivity contribution in [1.29, 1.82) is 0 Å². The fourth-order valence-corrected chi connectivity index (χ4v) is 13.1. The number of unbranched alkanes of at least 4 members (excludes halogenated alkanes) is 4. The van der Waals surface area contributed by atoms with E-state index in [9.17, 15) is 30.7 Å². The Labute approximate surface area is 426 Å². The average Bonchev–Trinajstić information content (AvgIpc) is 4.15. The maximum atomic E-state index is 12.7. The zero-order valence-corrected chi connectivity index (χ0v) is 44.1. The predicted octanol–water partition coefficient (Wildman–Crippen LogP) is 11.7. The van der Waals surface area contributed by atoms with Crippen LogP contribution in [0.2, 0.25) is 0 Å². The monoisotopic (exact) mass is 1060 g/mol. The number of nitrogens with zero attached hydrogens (tertiary/aromatic N) is 5. The first-order chi connectivity index (χ1) is 33.4. The zero-order chi connectivity index (χ0) is 49.7. The number of benzene rings is 1. The van der Waals surface area contributed by atoms with Gasteiger partial charge >= 0.3 is 5.82 Å². The summed E-state index contributed by atoms with van der Waals surface area (Å²) in [5, 5.41) is 8.12. The third-order valence-corrected chi connectivity index (χ3v) is 18.4. The van der Waals surface area contributed by atoms with Crippen molar-refractivity contribution in [2.75, 3.05) is 17.2 Å². The lowest BCUT2D eigenvalue weighted by molar-refractivity contribution is -0.684. The Kier molecular flexibility index (Phi) is 16.0. The van der Waals surface area contributed by atoms with E-state index in [2.05, 4.69) is 58.5 Å². The number of pyridine rings is 2. The molecule has 70 heavy (non-hydrogen) atoms. The number of hydrogen-bond donors (Lipinski definition) is 3. The molecule has 0 saturated carbocycles. The van der Waals surface area contributed by atoms with Crippen LogP contribution < -0.4 is 14.8 Å². The summed E-state index contributed by atoms with van der Waals surface area (Å²) in [5.41, 5.74) is 3.85. The van der Waals surface area contributed by atoms with Crippen molar-refractivity contribution < 1.29 is 35.3 Å². The van der Waals surface area contributed by atoms with E-state index in [4.69, 9.17) is 9.98 Å². The van der Waals surface area contributed by atoms with Crippen molar-refractivity contribution in [3.63, 3.8) is 0 Å². The van der Waals surface area contributed by atoms with E-state index >= 15 is 0 Å². The number of rotatable bonds is 21. The number of nitrogens with one attached hydrogen (secondary N) is 1. The van der Waals surface area contributed by atoms with E-state index in [1.165, 1.54) is 21.1 Å². The lowest BCUT2D eigenvalue weighted by atomic mass is 9.80. The molecule has 3 aliphatic rings. The first-order valence-corrected chi connectivity index (χ1v) is 29.9. The van der Waals surface area contributed by atoms with Crippen molar-refractivity contribution in [3.05, 3.63) is 142 Å². The van der Waals surface area contributed by atoms with Crippen molar-refractivity contribution in [3.8, 4) is 10.4 Å². The summed E-state index contributed by atoms with van der Waals surface area (Å²) in [5.74, 6) is 2.38. The number of aryl methyl sites for hydroxylation is 1. The van der Waals surface area contributed by atoms with Crippen LogP contribution in [-0.2, 0) is 37.0 Å². The van der Waals surface area contributed by atoms with Gasteiger partial charge in [0.2, 0.25) is 5.91 Å². The van der Waals surface area contributed by atoms with Gasteiger partial charge in [-0.05, 0) is 139 Å². The second-order valence-corrected chi connectivity index (χ2v) is 25.2. The number of carbonyl (C=O) groups excluding carboxylic acids is 1. The fraction of sp³-hybridized carbons (Fsp3) is 0.314. The SMILES string of the molecule is CC1(C)C2=CC(c3cccs3)=CN(c3cc(S(=O)(=O)O)ccc3S(=O)(=O)O)C2=N/C1=C\C=C\C1=Nc2c(cc(-c3cccs3)c[n+]2CCCCCNC(=O)CCCCCSSc2ccccn2)C1(C)C. The zero-order valence-electron chi connectivity index (χ0n) is 39.2. The van der Waals surface area contributed by atoms with Crippen LogP contribution >= 0.6 is 44.3 Å². The smallest absolute Gasteiger partial charge is 0.327 e. The molecule has 19 heteroatoms. The number of anilines is 1. The molecule has 1 aromatic carbocycles. The Balaban J connectivity index is 0.964. The molecule has 0 fully saturated rings. The molecule has 0 radical (unpaired) electrons. The molecule has 7 heterocycles. The van der Waals surface area contributed by atoms with Gasteiger partial charge in [-0.1, -0.05) is 55.3 Å². The normalized spacial score (nSPS) is 16.8. The summed E-state index contributed by atoms with van der Waals surface area (Å²) in [6.45, 7) is 9.77. The highest BCUT2D eigenvalue weighted by atomic mass is 33.1. The first kappa shape index (κ1) is 51.4. The van der Waals surface area contributed by atoms with Crippen LogP contribution in [0.1, 0.15) is 83.1 Å². The Morgan fingerprint density at radius 3 is 2.34 bits per heavy atom. The van der Waals surface area contributed by atoms with Gasteiger partial charge in [0.15, 0.2) is 5.71 Å². The topological polar surface area (TPSA) is 183 Å². The second-order valence-electron chi connectivity index (χ2n) is 18.1. The highest BCUT2D eigenvalue weighted by molar-refractivity contribution is 8.76. The van der Waals surface area contributed by atoms with Crippen LogP contribution in [0.4, 0.5) is 11.5 Å². The number of hydrogen-bond acceptors (Lipinski definition) is 13. The number of aromatic nitrogens is 2. The molecule has 8 rings (SSSR count). The summed E-state index contributed by atoms with van der Waals surface area (Å²) in [6.07, 6.45) is 19.7. The molecular weight excluding hydrogens is 1000 g/mol. The molecule has 0 unspecified atom stereocenters. The van der Waals surface area contributed by atoms with Gasteiger partial charge in [-0.2, -0.15) is 16.8 Å². The highest BCUT2D eigenvalue weighted by Gasteiger charge is 2.44. The van der Waals surface area contributed by atoms with E-state index in [0.717, 1.165) is 107 Å². The molecule has 366 valence electrons. The Morgan fingerprint density at radius 1 is 0.857 bits per heavy atom. The van der Waals surface area contributed by atoms with Gasteiger partial charge in [0.05, 0.1) is 40.0 Å². The van der Waals surface area contributed by atoms with Crippen LogP contribution in [0, 0.1) is 5.41 Å². The van der Waals surface area contributed by atoms with Gasteiger partial charge in [0.1, 0.15) is 15.8 Å². The fourth-order valence-electron chi connectivity index (χ4n) is 8.49. The van der Waals surface area contributed by atoms with Gasteiger partial charge in [-0.3, -0.25) is 18.8 Å². The number of carbonyl (C=O) groups is 1. The third kappa shape index (κ3) is 11.8. The highest BCUT2D eigenvalue weighted by Crippen LogP contribution is 2.48. The number of amidine groups is 1. The quantitative estimate of drug-likeness (QED) is 0.0275. The van der Waals surface area contributed by atoms with Crippen molar-refractivity contribution in [1.82, 2.24) is 10.3 Å². The van der Waals surface area contributed by atoms with E-state index < -0.39 is 40.9 Å². The molecular formula is C51H55N6O7S6+. The number of aliphatic imine (C=N–C) groups is 2. The largest absolute Gasteiger partial charge is 0.356 e. The van der Waals surface area contributed by atoms with Crippen LogP contribution in [0.5, 0.6) is 0 Å². The summed E-state index contributed by atoms with van der Waals surface area (Å²) >= 11 is 3.17. The van der Waals surface area contributed by atoms with Gasteiger partial charge in [0, 0.05) is 63.0 Å². The number of fused-ring (bicyclic) bond motifs is 2. The first-order valence-electron chi connectivity index (χ1n) is 22.9. The maximum Gasteiger partial charge on any atom is 0.327 e. The van der Waals surface area contributed by atoms with Gasteiger partial charge in [-0.15, -0.1) is 22.7 Å². The standard InChI is InChI=1S/C51H54N6O7S6/c1-50(2)38-30-35(41-16-14-27-65-41)33-56(26-11-6-9-24-52-46(58)20-7-5-12-29-67-68-47-21-8-10-25-53-47)48(38)54-44(50)18-13-19-45-51(3,4)39-31-36(42-17-15-28-66-42)34-57(49(39)55-45)40-32-37(69(59,60)61)22-23-43(40)70(62,63)64/h8,10,13-19,21-23,25,27-28,30-34H,5-7,9,11-12,20,24,26,29H2,1-4H3,(H2-,52,58,59,60,61,62,63,64)/p+1. The molecule has 4 aromatic heterocycles.